The molecule has 0 aromatic heterocycles. The summed E-state index contributed by atoms with van der Waals surface area (Å²) >= 11 is 0. The Labute approximate surface area is 165 Å². The molecule has 9 nitrogen and oxygen atoms in total. The lowest BCUT2D eigenvalue weighted by atomic mass is 9.88. The molecule has 1 heterocycles. The molecule has 0 fully saturated rings. The molecule has 0 bridgehead atoms. The standard InChI is InChI=1S/C20H18N2O7/c1-2-29-18(24)12-21-16-9-4-3-8-15(16)20(26,19(21)25)11-17(23)13-6-5-7-14(10-13)22(27)28/h3-10,26H,2,11-12H2,1H3/t20-/m1/s1. The van der Waals surface area contributed by atoms with Gasteiger partial charge < -0.3 is 9.84 Å². The molecule has 1 aliphatic heterocycles. The molecule has 3 rings (SSSR count). The van der Waals surface area contributed by atoms with Gasteiger partial charge in [0.1, 0.15) is 6.54 Å². The van der Waals surface area contributed by atoms with E-state index in [1.54, 1.807) is 25.1 Å². The van der Waals surface area contributed by atoms with Crippen molar-refractivity contribution in [2.45, 2.75) is 18.9 Å². The van der Waals surface area contributed by atoms with Gasteiger partial charge in [-0.2, -0.15) is 0 Å². The number of carbonyl (C=O) groups excluding carboxylic acids is 3. The Hall–Kier alpha value is -3.59. The van der Waals surface area contributed by atoms with Gasteiger partial charge in [-0.1, -0.05) is 30.3 Å². The summed E-state index contributed by atoms with van der Waals surface area (Å²) in [6.45, 7) is 1.36. The summed E-state index contributed by atoms with van der Waals surface area (Å²) in [5, 5.41) is 22.1. The van der Waals surface area contributed by atoms with Gasteiger partial charge in [-0.05, 0) is 13.0 Å². The lowest BCUT2D eigenvalue weighted by Gasteiger charge is -2.22. The average molecular weight is 398 g/mol. The fraction of sp³-hybridized carbons (Fsp3) is 0.250. The second-order valence-corrected chi connectivity index (χ2v) is 6.48. The number of carbonyl (C=O) groups is 3. The molecule has 2 aromatic rings. The van der Waals surface area contributed by atoms with E-state index in [0.717, 1.165) is 11.0 Å². The molecule has 0 aliphatic carbocycles. The Morgan fingerprint density at radius 1 is 1.21 bits per heavy atom. The molecule has 0 radical (unpaired) electrons. The van der Waals surface area contributed by atoms with Gasteiger partial charge in [-0.25, -0.2) is 0 Å². The maximum absolute atomic E-state index is 13.0. The zero-order valence-electron chi connectivity index (χ0n) is 15.5. The lowest BCUT2D eigenvalue weighted by Crippen LogP contribution is -2.44. The van der Waals surface area contributed by atoms with Crippen molar-refractivity contribution in [2.24, 2.45) is 0 Å². The molecule has 1 N–H and O–H groups in total. The van der Waals surface area contributed by atoms with Crippen molar-refractivity contribution in [3.8, 4) is 0 Å². The zero-order valence-corrected chi connectivity index (χ0v) is 15.5. The number of non-ortho nitro benzene ring substituents is 1. The predicted octanol–water partition coefficient (Wildman–Crippen LogP) is 1.97. The molecule has 150 valence electrons. The number of hydrogen-bond donors (Lipinski definition) is 1. The number of hydrogen-bond acceptors (Lipinski definition) is 7. The van der Waals surface area contributed by atoms with E-state index in [4.69, 9.17) is 4.74 Å². The fourth-order valence-electron chi connectivity index (χ4n) is 3.30. The maximum atomic E-state index is 13.0. The van der Waals surface area contributed by atoms with Gasteiger partial charge in [-0.15, -0.1) is 0 Å². The fourth-order valence-corrected chi connectivity index (χ4v) is 3.30. The van der Waals surface area contributed by atoms with Crippen molar-refractivity contribution in [3.63, 3.8) is 0 Å². The third kappa shape index (κ3) is 3.72. The normalized spacial score (nSPS) is 17.7. The molecule has 1 amide bonds. The molecule has 1 atom stereocenters. The van der Waals surface area contributed by atoms with Gasteiger partial charge in [0.05, 0.1) is 23.6 Å². The second kappa shape index (κ2) is 7.80. The number of amides is 1. The van der Waals surface area contributed by atoms with Crippen LogP contribution in [-0.4, -0.2) is 40.8 Å². The van der Waals surface area contributed by atoms with Gasteiger partial charge in [0.25, 0.3) is 11.6 Å². The molecule has 29 heavy (non-hydrogen) atoms. The van der Waals surface area contributed by atoms with Crippen LogP contribution in [0.25, 0.3) is 0 Å². The van der Waals surface area contributed by atoms with Crippen LogP contribution in [0.2, 0.25) is 0 Å². The van der Waals surface area contributed by atoms with E-state index < -0.39 is 41.1 Å². The number of anilines is 1. The molecule has 0 spiro atoms. The number of ether oxygens (including phenoxy) is 1. The van der Waals surface area contributed by atoms with E-state index in [9.17, 15) is 29.6 Å². The number of nitro groups is 1. The molecular formula is C20H18N2O7. The summed E-state index contributed by atoms with van der Waals surface area (Å²) in [6.07, 6.45) is -0.622. The first-order valence-electron chi connectivity index (χ1n) is 8.85. The van der Waals surface area contributed by atoms with Crippen molar-refractivity contribution >= 4 is 29.0 Å². The van der Waals surface area contributed by atoms with Crippen LogP contribution in [0, 0.1) is 10.1 Å². The highest BCUT2D eigenvalue weighted by molar-refractivity contribution is 6.12. The van der Waals surface area contributed by atoms with Crippen LogP contribution in [0.5, 0.6) is 0 Å². The van der Waals surface area contributed by atoms with E-state index in [-0.39, 0.29) is 23.4 Å². The average Bonchev–Trinajstić information content (AvgIpc) is 2.90. The minimum Gasteiger partial charge on any atom is -0.465 e. The zero-order chi connectivity index (χ0) is 21.2. The van der Waals surface area contributed by atoms with Gasteiger partial charge in [0, 0.05) is 23.3 Å². The van der Waals surface area contributed by atoms with Crippen LogP contribution in [0.1, 0.15) is 29.3 Å². The molecule has 2 aromatic carbocycles. The number of Topliss-reactive ketones (excluding diaryl/α,β-unsaturated/α-hetero) is 1. The van der Waals surface area contributed by atoms with Gasteiger partial charge in [0.15, 0.2) is 11.4 Å². The van der Waals surface area contributed by atoms with E-state index in [0.29, 0.717) is 5.69 Å². The van der Waals surface area contributed by atoms with Crippen molar-refractivity contribution in [1.82, 2.24) is 0 Å². The monoisotopic (exact) mass is 398 g/mol. The van der Waals surface area contributed by atoms with Crippen LogP contribution in [0.15, 0.2) is 48.5 Å². The Kier molecular flexibility index (Phi) is 5.42. The minimum absolute atomic E-state index is 0.00162. The molecule has 0 saturated heterocycles. The van der Waals surface area contributed by atoms with E-state index in [1.807, 2.05) is 0 Å². The number of ketones is 1. The number of rotatable bonds is 7. The van der Waals surface area contributed by atoms with Gasteiger partial charge in [-0.3, -0.25) is 29.4 Å². The number of esters is 1. The summed E-state index contributed by atoms with van der Waals surface area (Å²) in [7, 11) is 0. The summed E-state index contributed by atoms with van der Waals surface area (Å²) < 4.78 is 4.88. The van der Waals surface area contributed by atoms with Crippen LogP contribution in [0.4, 0.5) is 11.4 Å². The minimum atomic E-state index is -2.19. The maximum Gasteiger partial charge on any atom is 0.326 e. The second-order valence-electron chi connectivity index (χ2n) is 6.48. The van der Waals surface area contributed by atoms with Crippen LogP contribution >= 0.6 is 0 Å². The Balaban J connectivity index is 1.93. The highest BCUT2D eigenvalue weighted by atomic mass is 16.6. The number of nitrogens with zero attached hydrogens (tertiary/aromatic N) is 2. The number of nitro benzene ring substituents is 1. The SMILES string of the molecule is CCOC(=O)CN1C(=O)[C@@](O)(CC(=O)c2cccc([N+](=O)[O-])c2)c2ccccc21. The Morgan fingerprint density at radius 3 is 2.62 bits per heavy atom. The molecule has 1 aliphatic rings. The van der Waals surface area contributed by atoms with Crippen molar-refractivity contribution < 1.29 is 29.2 Å². The Morgan fingerprint density at radius 2 is 1.93 bits per heavy atom. The highest BCUT2D eigenvalue weighted by Gasteiger charge is 2.51. The Bertz CT molecular complexity index is 1000. The summed E-state index contributed by atoms with van der Waals surface area (Å²) in [4.78, 5) is 49.0. The number of benzene rings is 2. The molecule has 9 heteroatoms. The number of aliphatic hydroxyl groups is 1. The largest absolute Gasteiger partial charge is 0.465 e. The summed E-state index contributed by atoms with van der Waals surface area (Å²) in [5.41, 5.74) is -1.97. The van der Waals surface area contributed by atoms with Gasteiger partial charge >= 0.3 is 5.97 Å². The van der Waals surface area contributed by atoms with Crippen LogP contribution in [0.3, 0.4) is 0 Å². The third-order valence-corrected chi connectivity index (χ3v) is 4.63. The first-order chi connectivity index (χ1) is 13.8. The molecular weight excluding hydrogens is 380 g/mol. The number of para-hydroxylation sites is 1. The van der Waals surface area contributed by atoms with Crippen molar-refractivity contribution in [2.75, 3.05) is 18.1 Å². The van der Waals surface area contributed by atoms with E-state index >= 15 is 0 Å². The molecule has 0 unspecified atom stereocenters. The lowest BCUT2D eigenvalue weighted by molar-refractivity contribution is -0.384. The third-order valence-electron chi connectivity index (χ3n) is 4.63. The topological polar surface area (TPSA) is 127 Å². The quantitative estimate of drug-likeness (QED) is 0.327. The van der Waals surface area contributed by atoms with Crippen LogP contribution in [-0.2, 0) is 19.9 Å². The number of fused-ring (bicyclic) bond motifs is 1. The van der Waals surface area contributed by atoms with E-state index in [2.05, 4.69) is 0 Å². The van der Waals surface area contributed by atoms with Crippen LogP contribution < -0.4 is 4.90 Å². The predicted molar refractivity (Wildman–Crippen MR) is 101 cm³/mol. The van der Waals surface area contributed by atoms with E-state index in [1.165, 1.54) is 24.3 Å². The highest BCUT2D eigenvalue weighted by Crippen LogP contribution is 2.42. The summed E-state index contributed by atoms with van der Waals surface area (Å²) in [6, 6.07) is 11.4. The van der Waals surface area contributed by atoms with Gasteiger partial charge in [0.2, 0.25) is 0 Å². The first kappa shape index (κ1) is 20.2. The molecule has 0 saturated carbocycles. The van der Waals surface area contributed by atoms with Crippen molar-refractivity contribution in [1.29, 1.82) is 0 Å². The van der Waals surface area contributed by atoms with Crippen molar-refractivity contribution in [3.05, 3.63) is 69.8 Å². The first-order valence-corrected chi connectivity index (χ1v) is 8.85. The summed E-state index contributed by atoms with van der Waals surface area (Å²) in [5.74, 6) is -2.12. The smallest absolute Gasteiger partial charge is 0.326 e.